The zero-order chi connectivity index (χ0) is 16.2. The van der Waals surface area contributed by atoms with Gasteiger partial charge in [-0.25, -0.2) is 0 Å². The fraction of sp³-hybridized carbons (Fsp3) is 0.353. The molecule has 1 aliphatic rings. The average Bonchev–Trinajstić information content (AvgIpc) is 3.17. The van der Waals surface area contributed by atoms with E-state index in [1.165, 1.54) is 12.5 Å². The number of nitrogens with zero attached hydrogens (tertiary/aromatic N) is 4. The Morgan fingerprint density at radius 3 is 2.87 bits per heavy atom. The van der Waals surface area contributed by atoms with Crippen LogP contribution in [0.4, 0.5) is 5.82 Å². The van der Waals surface area contributed by atoms with Crippen LogP contribution in [0.15, 0.2) is 36.5 Å². The van der Waals surface area contributed by atoms with Gasteiger partial charge in [0.05, 0.1) is 17.7 Å². The molecule has 2 aromatic rings. The molecule has 1 fully saturated rings. The summed E-state index contributed by atoms with van der Waals surface area (Å²) in [4.78, 5) is 13.4. The second kappa shape index (κ2) is 6.63. The van der Waals surface area contributed by atoms with Crippen LogP contribution in [0.2, 0.25) is 0 Å². The Morgan fingerprint density at radius 1 is 1.39 bits per heavy atom. The van der Waals surface area contributed by atoms with Crippen LogP contribution >= 0.6 is 0 Å². The van der Waals surface area contributed by atoms with E-state index in [-0.39, 0.29) is 5.91 Å². The number of nitriles is 1. The maximum atomic E-state index is 11.1. The molecule has 0 radical (unpaired) electrons. The number of nitrogens with one attached hydrogen (secondary N) is 1. The van der Waals surface area contributed by atoms with Crippen molar-refractivity contribution in [3.05, 3.63) is 47.7 Å². The van der Waals surface area contributed by atoms with Crippen LogP contribution in [0.1, 0.15) is 30.5 Å². The van der Waals surface area contributed by atoms with Gasteiger partial charge >= 0.3 is 0 Å². The van der Waals surface area contributed by atoms with E-state index in [0.717, 1.165) is 26.1 Å². The van der Waals surface area contributed by atoms with Crippen molar-refractivity contribution in [2.45, 2.75) is 25.9 Å². The number of carbonyl (C=O) groups is 1. The third-order valence-electron chi connectivity index (χ3n) is 4.02. The highest BCUT2D eigenvalue weighted by molar-refractivity contribution is 5.87. The maximum Gasteiger partial charge on any atom is 0.222 e. The fourth-order valence-electron chi connectivity index (χ4n) is 2.90. The number of likely N-dealkylation sites (tertiary alicyclic amines) is 1. The number of amides is 1. The first-order chi connectivity index (χ1) is 11.1. The summed E-state index contributed by atoms with van der Waals surface area (Å²) in [6.07, 6.45) is 2.96. The minimum absolute atomic E-state index is 0.107. The summed E-state index contributed by atoms with van der Waals surface area (Å²) < 4.78 is 1.93. The molecule has 1 atom stereocenters. The lowest BCUT2D eigenvalue weighted by Gasteiger charge is -2.16. The van der Waals surface area contributed by atoms with Crippen molar-refractivity contribution in [3.8, 4) is 6.07 Å². The molecule has 0 saturated carbocycles. The summed E-state index contributed by atoms with van der Waals surface area (Å²) >= 11 is 0. The van der Waals surface area contributed by atoms with E-state index in [9.17, 15) is 4.79 Å². The second-order valence-electron chi connectivity index (χ2n) is 5.85. The average molecular weight is 309 g/mol. The quantitative estimate of drug-likeness (QED) is 0.939. The first-order valence-corrected chi connectivity index (χ1v) is 7.68. The van der Waals surface area contributed by atoms with Crippen molar-refractivity contribution in [3.63, 3.8) is 0 Å². The Kier molecular flexibility index (Phi) is 4.40. The number of carbonyl (C=O) groups excluding carboxylic acids is 1. The number of hydrogen-bond donors (Lipinski definition) is 1. The summed E-state index contributed by atoms with van der Waals surface area (Å²) in [7, 11) is 0. The van der Waals surface area contributed by atoms with Crippen molar-refractivity contribution < 1.29 is 4.79 Å². The molecule has 0 aliphatic carbocycles. The van der Waals surface area contributed by atoms with Gasteiger partial charge in [-0.2, -0.15) is 10.4 Å². The van der Waals surface area contributed by atoms with Crippen LogP contribution in [-0.2, 0) is 11.3 Å². The molecule has 1 N–H and O–H groups in total. The third kappa shape index (κ3) is 3.76. The minimum Gasteiger partial charge on any atom is -0.309 e. The third-order valence-corrected chi connectivity index (χ3v) is 4.02. The molecule has 1 aromatic heterocycles. The van der Waals surface area contributed by atoms with Crippen molar-refractivity contribution in [2.75, 3.05) is 18.4 Å². The van der Waals surface area contributed by atoms with Gasteiger partial charge in [0.15, 0.2) is 5.82 Å². The molecule has 0 spiro atoms. The number of anilines is 1. The lowest BCUT2D eigenvalue weighted by molar-refractivity contribution is -0.114. The largest absolute Gasteiger partial charge is 0.309 e. The summed E-state index contributed by atoms with van der Waals surface area (Å²) in [6.45, 7) is 4.30. The summed E-state index contributed by atoms with van der Waals surface area (Å²) in [5, 5.41) is 16.0. The van der Waals surface area contributed by atoms with E-state index in [0.29, 0.717) is 17.4 Å². The van der Waals surface area contributed by atoms with Gasteiger partial charge in [-0.3, -0.25) is 14.4 Å². The molecule has 2 heterocycles. The second-order valence-corrected chi connectivity index (χ2v) is 5.85. The van der Waals surface area contributed by atoms with Crippen molar-refractivity contribution >= 4 is 11.7 Å². The van der Waals surface area contributed by atoms with Gasteiger partial charge in [0.1, 0.15) is 0 Å². The highest BCUT2D eigenvalue weighted by Gasteiger charge is 2.24. The zero-order valence-electron chi connectivity index (χ0n) is 13.1. The van der Waals surface area contributed by atoms with E-state index in [1.54, 1.807) is 0 Å². The molecule has 1 unspecified atom stereocenters. The van der Waals surface area contributed by atoms with Gasteiger partial charge in [0, 0.05) is 38.8 Å². The Balaban J connectivity index is 1.58. The molecule has 6 nitrogen and oxygen atoms in total. The van der Waals surface area contributed by atoms with Gasteiger partial charge in [-0.05, 0) is 24.1 Å². The molecule has 3 rings (SSSR count). The van der Waals surface area contributed by atoms with Crippen molar-refractivity contribution in [1.82, 2.24) is 14.7 Å². The summed E-state index contributed by atoms with van der Waals surface area (Å²) in [6, 6.07) is 12.0. The van der Waals surface area contributed by atoms with E-state index >= 15 is 0 Å². The van der Waals surface area contributed by atoms with Gasteiger partial charge < -0.3 is 5.32 Å². The number of rotatable bonds is 4. The number of aromatic nitrogens is 2. The first-order valence-electron chi connectivity index (χ1n) is 7.68. The molecule has 1 aromatic carbocycles. The van der Waals surface area contributed by atoms with Crippen LogP contribution in [0.5, 0.6) is 0 Å². The lowest BCUT2D eigenvalue weighted by atomic mass is 10.1. The van der Waals surface area contributed by atoms with Gasteiger partial charge in [0.25, 0.3) is 0 Å². The molecular formula is C17H19N5O. The number of hydrogen-bond acceptors (Lipinski definition) is 4. The van der Waals surface area contributed by atoms with Crippen LogP contribution < -0.4 is 5.32 Å². The van der Waals surface area contributed by atoms with Gasteiger partial charge in [0.2, 0.25) is 5.91 Å². The van der Waals surface area contributed by atoms with Crippen LogP contribution in [0.3, 0.4) is 0 Å². The Labute approximate surface area is 135 Å². The maximum absolute atomic E-state index is 11.1. The lowest BCUT2D eigenvalue weighted by Crippen LogP contribution is -2.21. The minimum atomic E-state index is -0.107. The predicted molar refractivity (Wildman–Crippen MR) is 86.6 cm³/mol. The molecule has 1 amide bonds. The predicted octanol–water partition coefficient (Wildman–Crippen LogP) is 2.16. The zero-order valence-corrected chi connectivity index (χ0v) is 13.1. The SMILES string of the molecule is CC(=O)Nc1ccn(C2CCN(Cc3ccc(C#N)cc3)C2)n1. The Hall–Kier alpha value is -2.65. The van der Waals surface area contributed by atoms with Crippen molar-refractivity contribution in [2.24, 2.45) is 0 Å². The normalized spacial score (nSPS) is 17.8. The molecular weight excluding hydrogens is 290 g/mol. The first kappa shape index (κ1) is 15.3. The monoisotopic (exact) mass is 309 g/mol. The topological polar surface area (TPSA) is 74.0 Å². The smallest absolute Gasteiger partial charge is 0.222 e. The highest BCUT2D eigenvalue weighted by Crippen LogP contribution is 2.23. The molecule has 1 saturated heterocycles. The van der Waals surface area contributed by atoms with E-state index < -0.39 is 0 Å². The summed E-state index contributed by atoms with van der Waals surface area (Å²) in [5.41, 5.74) is 1.90. The van der Waals surface area contributed by atoms with Crippen LogP contribution in [-0.4, -0.2) is 33.7 Å². The fourth-order valence-corrected chi connectivity index (χ4v) is 2.90. The van der Waals surface area contributed by atoms with Crippen LogP contribution in [0.25, 0.3) is 0 Å². The van der Waals surface area contributed by atoms with E-state index in [1.807, 2.05) is 41.2 Å². The van der Waals surface area contributed by atoms with E-state index in [4.69, 9.17) is 5.26 Å². The number of benzene rings is 1. The summed E-state index contributed by atoms with van der Waals surface area (Å²) in [5.74, 6) is 0.493. The molecule has 23 heavy (non-hydrogen) atoms. The standard InChI is InChI=1S/C17H19N5O/c1-13(23)19-17-7-9-22(20-17)16-6-8-21(12-16)11-15-4-2-14(10-18)3-5-15/h2-5,7,9,16H,6,8,11-12H2,1H3,(H,19,20,23). The van der Waals surface area contributed by atoms with Crippen LogP contribution in [0, 0.1) is 11.3 Å². The Bertz CT molecular complexity index is 728. The highest BCUT2D eigenvalue weighted by atomic mass is 16.1. The van der Waals surface area contributed by atoms with Crippen molar-refractivity contribution in [1.29, 1.82) is 5.26 Å². The van der Waals surface area contributed by atoms with Gasteiger partial charge in [-0.1, -0.05) is 12.1 Å². The molecule has 6 heteroatoms. The van der Waals surface area contributed by atoms with Gasteiger partial charge in [-0.15, -0.1) is 0 Å². The molecule has 0 bridgehead atoms. The molecule has 1 aliphatic heterocycles. The Morgan fingerprint density at radius 2 is 2.17 bits per heavy atom. The van der Waals surface area contributed by atoms with E-state index in [2.05, 4.69) is 21.4 Å². The molecule has 118 valence electrons.